The van der Waals surface area contributed by atoms with E-state index in [1.165, 1.54) is 6.08 Å². The highest BCUT2D eigenvalue weighted by Gasteiger charge is 2.08. The van der Waals surface area contributed by atoms with Crippen molar-refractivity contribution in [3.63, 3.8) is 0 Å². The minimum absolute atomic E-state index is 0.251. The van der Waals surface area contributed by atoms with Gasteiger partial charge in [0.2, 0.25) is 0 Å². The summed E-state index contributed by atoms with van der Waals surface area (Å²) < 4.78 is 0.897. The van der Waals surface area contributed by atoms with Crippen LogP contribution in [0.3, 0.4) is 0 Å². The minimum Gasteiger partial charge on any atom is -0.375 e. The van der Waals surface area contributed by atoms with Crippen LogP contribution in [0.4, 0.5) is 0 Å². The fourth-order valence-corrected chi connectivity index (χ4v) is 2.05. The number of nitrogens with zero attached hydrogens (tertiary/aromatic N) is 1. The Morgan fingerprint density at radius 2 is 2.20 bits per heavy atom. The van der Waals surface area contributed by atoms with Gasteiger partial charge in [0.05, 0.1) is 5.52 Å². The lowest BCUT2D eigenvalue weighted by molar-refractivity contribution is 0.0964. The summed E-state index contributed by atoms with van der Waals surface area (Å²) in [5.41, 5.74) is 1.27. The third kappa shape index (κ3) is 3.21. The van der Waals surface area contributed by atoms with Gasteiger partial charge in [-0.3, -0.25) is 9.78 Å². The molecule has 0 radical (unpaired) electrons. The van der Waals surface area contributed by atoms with Gasteiger partial charge in [-0.15, -0.1) is 0 Å². The highest BCUT2D eigenvalue weighted by atomic mass is 79.9. The fraction of sp³-hybridized carbons (Fsp3) is 0.0714. The maximum absolute atomic E-state index is 12.1. The molecule has 5 nitrogen and oxygen atoms in total. The highest BCUT2D eigenvalue weighted by Crippen LogP contribution is 2.18. The monoisotopic (exact) mass is 332 g/mol. The number of amides is 1. The van der Waals surface area contributed by atoms with Gasteiger partial charge >= 0.3 is 0 Å². The van der Waals surface area contributed by atoms with Crippen molar-refractivity contribution in [1.29, 1.82) is 5.41 Å². The van der Waals surface area contributed by atoms with E-state index in [1.54, 1.807) is 25.4 Å². The lowest BCUT2D eigenvalue weighted by atomic mass is 10.1. The van der Waals surface area contributed by atoms with Gasteiger partial charge in [-0.1, -0.05) is 6.07 Å². The van der Waals surface area contributed by atoms with Crippen LogP contribution in [0, 0.1) is 5.41 Å². The van der Waals surface area contributed by atoms with E-state index in [4.69, 9.17) is 5.41 Å². The molecule has 0 atom stereocenters. The molecule has 2 rings (SSSR count). The van der Waals surface area contributed by atoms with Gasteiger partial charge in [-0.05, 0) is 40.2 Å². The summed E-state index contributed by atoms with van der Waals surface area (Å²) in [7, 11) is 1.68. The van der Waals surface area contributed by atoms with Crippen LogP contribution in [-0.2, 0) is 0 Å². The van der Waals surface area contributed by atoms with Gasteiger partial charge in [0.1, 0.15) is 5.82 Å². The molecule has 0 unspecified atom stereocenters. The van der Waals surface area contributed by atoms with Crippen molar-refractivity contribution in [2.45, 2.75) is 0 Å². The van der Waals surface area contributed by atoms with Crippen molar-refractivity contribution in [2.24, 2.45) is 0 Å². The van der Waals surface area contributed by atoms with Gasteiger partial charge in [0.25, 0.3) is 5.91 Å². The van der Waals surface area contributed by atoms with Crippen LogP contribution >= 0.6 is 15.9 Å². The fourth-order valence-electron chi connectivity index (χ4n) is 1.70. The van der Waals surface area contributed by atoms with E-state index >= 15 is 0 Å². The van der Waals surface area contributed by atoms with E-state index in [0.29, 0.717) is 11.4 Å². The number of aromatic nitrogens is 1. The van der Waals surface area contributed by atoms with Gasteiger partial charge in [0.15, 0.2) is 0 Å². The molecule has 0 aliphatic carbocycles. The number of hydrogen-bond acceptors (Lipinski definition) is 4. The third-order valence-electron chi connectivity index (χ3n) is 2.68. The first-order valence-corrected chi connectivity index (χ1v) is 6.68. The van der Waals surface area contributed by atoms with Crippen molar-refractivity contribution >= 4 is 39.0 Å². The summed E-state index contributed by atoms with van der Waals surface area (Å²) in [6.07, 6.45) is 4.26. The molecule has 1 amide bonds. The number of benzene rings is 1. The maximum atomic E-state index is 12.1. The molecule has 1 aromatic heterocycles. The molecular formula is C14H13BrN4O. The molecule has 1 heterocycles. The highest BCUT2D eigenvalue weighted by molar-refractivity contribution is 9.10. The molecule has 0 bridgehead atoms. The molecule has 0 aliphatic rings. The molecule has 20 heavy (non-hydrogen) atoms. The van der Waals surface area contributed by atoms with Crippen LogP contribution in [0.25, 0.3) is 10.9 Å². The Bertz CT molecular complexity index is 697. The van der Waals surface area contributed by atoms with E-state index < -0.39 is 0 Å². The van der Waals surface area contributed by atoms with E-state index in [9.17, 15) is 4.79 Å². The second-order valence-corrected chi connectivity index (χ2v) is 4.93. The van der Waals surface area contributed by atoms with Crippen LogP contribution in [0.5, 0.6) is 0 Å². The van der Waals surface area contributed by atoms with Crippen molar-refractivity contribution < 1.29 is 4.79 Å². The Kier molecular flexibility index (Phi) is 4.47. The lowest BCUT2D eigenvalue weighted by Gasteiger charge is -2.09. The SMILES string of the molecule is CN/C(=C\C=N)NC(=O)c1ccc2cc(Br)cnc2c1. The van der Waals surface area contributed by atoms with E-state index in [2.05, 4.69) is 31.5 Å². The molecule has 0 fully saturated rings. The molecule has 0 spiro atoms. The van der Waals surface area contributed by atoms with Gasteiger partial charge in [-0.25, -0.2) is 0 Å². The third-order valence-corrected chi connectivity index (χ3v) is 3.11. The molecule has 1 aromatic carbocycles. The van der Waals surface area contributed by atoms with Crippen molar-refractivity contribution in [2.75, 3.05) is 7.05 Å². The minimum atomic E-state index is -0.251. The number of halogens is 1. The number of allylic oxidation sites excluding steroid dienone is 1. The van der Waals surface area contributed by atoms with Crippen LogP contribution in [-0.4, -0.2) is 24.2 Å². The Hall–Kier alpha value is -2.21. The number of rotatable bonds is 4. The smallest absolute Gasteiger partial charge is 0.256 e. The van der Waals surface area contributed by atoms with Gasteiger partial charge < -0.3 is 16.0 Å². The number of pyridine rings is 1. The quantitative estimate of drug-likeness (QED) is 0.752. The van der Waals surface area contributed by atoms with E-state index in [1.807, 2.05) is 12.1 Å². The summed E-state index contributed by atoms with van der Waals surface area (Å²) in [4.78, 5) is 16.4. The second-order valence-electron chi connectivity index (χ2n) is 4.01. The van der Waals surface area contributed by atoms with Crippen LogP contribution < -0.4 is 10.6 Å². The molecule has 0 aliphatic heterocycles. The van der Waals surface area contributed by atoms with Crippen LogP contribution in [0.15, 0.2) is 46.8 Å². The standard InChI is InChI=1S/C14H13BrN4O/c1-17-13(4-5-16)19-14(20)10-3-2-9-6-11(15)8-18-12(9)7-10/h2-8,16-17H,1H3,(H,19,20)/b13-4+,16-5?. The second kappa shape index (κ2) is 6.29. The lowest BCUT2D eigenvalue weighted by Crippen LogP contribution is -2.29. The average Bonchev–Trinajstić information content (AvgIpc) is 2.46. The molecule has 0 saturated heterocycles. The van der Waals surface area contributed by atoms with Gasteiger partial charge in [0, 0.05) is 34.9 Å². The zero-order chi connectivity index (χ0) is 14.5. The molecular weight excluding hydrogens is 320 g/mol. The Balaban J connectivity index is 2.28. The summed E-state index contributed by atoms with van der Waals surface area (Å²) in [6, 6.07) is 7.26. The molecule has 102 valence electrons. The molecule has 2 aromatic rings. The predicted molar refractivity (Wildman–Crippen MR) is 82.8 cm³/mol. The van der Waals surface area contributed by atoms with Crippen molar-refractivity contribution in [1.82, 2.24) is 15.6 Å². The molecule has 0 saturated carbocycles. The van der Waals surface area contributed by atoms with E-state index in [-0.39, 0.29) is 5.91 Å². The largest absolute Gasteiger partial charge is 0.375 e. The molecule has 6 heteroatoms. The first-order chi connectivity index (χ1) is 9.63. The van der Waals surface area contributed by atoms with Gasteiger partial charge in [-0.2, -0.15) is 0 Å². The normalized spacial score (nSPS) is 11.2. The summed E-state index contributed by atoms with van der Waals surface area (Å²) in [5.74, 6) is 0.216. The Morgan fingerprint density at radius 3 is 2.90 bits per heavy atom. The zero-order valence-electron chi connectivity index (χ0n) is 10.8. The predicted octanol–water partition coefficient (Wildman–Crippen LogP) is 2.44. The number of carbonyl (C=O) groups is 1. The van der Waals surface area contributed by atoms with Crippen LogP contribution in [0.2, 0.25) is 0 Å². The topological polar surface area (TPSA) is 77.9 Å². The molecule has 3 N–H and O–H groups in total. The number of carbonyl (C=O) groups excluding carboxylic acids is 1. The average molecular weight is 333 g/mol. The summed E-state index contributed by atoms with van der Waals surface area (Å²) in [6.45, 7) is 0. The summed E-state index contributed by atoms with van der Waals surface area (Å²) in [5, 5.41) is 13.5. The number of fused-ring (bicyclic) bond motifs is 1. The van der Waals surface area contributed by atoms with Crippen LogP contribution in [0.1, 0.15) is 10.4 Å². The van der Waals surface area contributed by atoms with Crippen molar-refractivity contribution in [3.8, 4) is 0 Å². The zero-order valence-corrected chi connectivity index (χ0v) is 12.4. The Morgan fingerprint density at radius 1 is 1.40 bits per heavy atom. The Labute approximate surface area is 124 Å². The summed E-state index contributed by atoms with van der Waals surface area (Å²) >= 11 is 3.36. The van der Waals surface area contributed by atoms with Crippen molar-refractivity contribution in [3.05, 3.63) is 52.4 Å². The number of nitrogens with one attached hydrogen (secondary N) is 3. The van der Waals surface area contributed by atoms with E-state index in [0.717, 1.165) is 21.6 Å². The maximum Gasteiger partial charge on any atom is 0.256 e. The first kappa shape index (κ1) is 14.2. The first-order valence-electron chi connectivity index (χ1n) is 5.89. The number of hydrogen-bond donors (Lipinski definition) is 3.